The molecular formula is C10H18N2O2S. The highest BCUT2D eigenvalue weighted by Crippen LogP contribution is 2.14. The highest BCUT2D eigenvalue weighted by atomic mass is 32.2. The third-order valence-electron chi connectivity index (χ3n) is 2.63. The summed E-state index contributed by atoms with van der Waals surface area (Å²) < 4.78 is 24.8. The van der Waals surface area contributed by atoms with Gasteiger partial charge in [0.25, 0.3) is 0 Å². The smallest absolute Gasteiger partial charge is 0.215 e. The normalized spacial score (nSPS) is 22.6. The van der Waals surface area contributed by atoms with E-state index in [9.17, 15) is 8.42 Å². The van der Waals surface area contributed by atoms with Crippen molar-refractivity contribution in [2.24, 2.45) is 5.92 Å². The number of hydrogen-bond donors (Lipinski definition) is 1. The molecule has 15 heavy (non-hydrogen) atoms. The van der Waals surface area contributed by atoms with Crippen LogP contribution in [0.4, 0.5) is 0 Å². The molecule has 1 unspecified atom stereocenters. The predicted octanol–water partition coefficient (Wildman–Crippen LogP) is -0.119. The van der Waals surface area contributed by atoms with Gasteiger partial charge in [-0.1, -0.05) is 5.92 Å². The van der Waals surface area contributed by atoms with Crippen LogP contribution in [0.25, 0.3) is 0 Å². The van der Waals surface area contributed by atoms with E-state index < -0.39 is 10.0 Å². The zero-order valence-electron chi connectivity index (χ0n) is 9.07. The topological polar surface area (TPSA) is 49.4 Å². The second-order valence-electron chi connectivity index (χ2n) is 3.95. The van der Waals surface area contributed by atoms with E-state index in [0.29, 0.717) is 0 Å². The monoisotopic (exact) mass is 230 g/mol. The standard InChI is InChI=1S/C10H18N2O2S/c1-3-7-12(2)15(13,14)9-10-5-4-6-11-8-10/h1,10-11H,4-9H2,2H3. The first kappa shape index (κ1) is 12.5. The molecule has 0 radical (unpaired) electrons. The Morgan fingerprint density at radius 1 is 1.60 bits per heavy atom. The molecule has 4 nitrogen and oxygen atoms in total. The third kappa shape index (κ3) is 3.82. The Labute approximate surface area is 92.1 Å². The summed E-state index contributed by atoms with van der Waals surface area (Å²) in [5.74, 6) is 2.77. The van der Waals surface area contributed by atoms with E-state index in [1.807, 2.05) is 0 Å². The molecule has 0 aromatic heterocycles. The first-order chi connectivity index (χ1) is 7.06. The number of hydrogen-bond acceptors (Lipinski definition) is 3. The van der Waals surface area contributed by atoms with Crippen LogP contribution in [0.3, 0.4) is 0 Å². The second-order valence-corrected chi connectivity index (χ2v) is 6.07. The van der Waals surface area contributed by atoms with Crippen LogP contribution >= 0.6 is 0 Å². The fourth-order valence-electron chi connectivity index (χ4n) is 1.72. The Kier molecular flexibility index (Phi) is 4.58. The second kappa shape index (κ2) is 5.50. The minimum absolute atomic E-state index is 0.155. The molecule has 1 atom stereocenters. The van der Waals surface area contributed by atoms with Gasteiger partial charge in [0.05, 0.1) is 12.3 Å². The van der Waals surface area contributed by atoms with Crippen LogP contribution in [0.2, 0.25) is 0 Å². The molecule has 5 heteroatoms. The highest BCUT2D eigenvalue weighted by Gasteiger charge is 2.24. The molecule has 0 amide bonds. The van der Waals surface area contributed by atoms with Crippen molar-refractivity contribution in [2.75, 3.05) is 32.4 Å². The van der Waals surface area contributed by atoms with Crippen molar-refractivity contribution in [1.29, 1.82) is 0 Å². The summed E-state index contributed by atoms with van der Waals surface area (Å²) >= 11 is 0. The Morgan fingerprint density at radius 3 is 2.87 bits per heavy atom. The SMILES string of the molecule is C#CCN(C)S(=O)(=O)CC1CCCNC1. The van der Waals surface area contributed by atoms with Gasteiger partial charge in [0.2, 0.25) is 10.0 Å². The van der Waals surface area contributed by atoms with Crippen LogP contribution in [0.1, 0.15) is 12.8 Å². The molecule has 1 heterocycles. The van der Waals surface area contributed by atoms with E-state index in [1.54, 1.807) is 0 Å². The van der Waals surface area contributed by atoms with Crippen molar-refractivity contribution in [3.63, 3.8) is 0 Å². The minimum atomic E-state index is -3.17. The first-order valence-electron chi connectivity index (χ1n) is 5.14. The summed E-state index contributed by atoms with van der Waals surface area (Å²) in [6, 6.07) is 0. The minimum Gasteiger partial charge on any atom is -0.316 e. The molecule has 0 aliphatic carbocycles. The summed E-state index contributed by atoms with van der Waals surface area (Å²) in [7, 11) is -1.64. The van der Waals surface area contributed by atoms with Gasteiger partial charge in [-0.05, 0) is 31.8 Å². The van der Waals surface area contributed by atoms with Crippen molar-refractivity contribution in [1.82, 2.24) is 9.62 Å². The van der Waals surface area contributed by atoms with E-state index >= 15 is 0 Å². The molecule has 1 rings (SSSR count). The van der Waals surface area contributed by atoms with Gasteiger partial charge in [-0.3, -0.25) is 0 Å². The van der Waals surface area contributed by atoms with Gasteiger partial charge in [-0.15, -0.1) is 6.42 Å². The quantitative estimate of drug-likeness (QED) is 0.685. The molecule has 0 aromatic carbocycles. The molecule has 1 saturated heterocycles. The summed E-state index contributed by atoms with van der Waals surface area (Å²) in [4.78, 5) is 0. The zero-order chi connectivity index (χ0) is 11.3. The molecular weight excluding hydrogens is 212 g/mol. The third-order valence-corrected chi connectivity index (χ3v) is 4.61. The van der Waals surface area contributed by atoms with Gasteiger partial charge >= 0.3 is 0 Å². The number of rotatable bonds is 4. The van der Waals surface area contributed by atoms with E-state index in [1.165, 1.54) is 11.4 Å². The molecule has 86 valence electrons. The van der Waals surface area contributed by atoms with Crippen LogP contribution in [0.15, 0.2) is 0 Å². The van der Waals surface area contributed by atoms with Gasteiger partial charge in [-0.2, -0.15) is 4.31 Å². The molecule has 1 aliphatic heterocycles. The van der Waals surface area contributed by atoms with Crippen molar-refractivity contribution < 1.29 is 8.42 Å². The van der Waals surface area contributed by atoms with Crippen LogP contribution in [-0.4, -0.2) is 45.2 Å². The highest BCUT2D eigenvalue weighted by molar-refractivity contribution is 7.89. The maximum Gasteiger partial charge on any atom is 0.215 e. The molecule has 1 fully saturated rings. The van der Waals surface area contributed by atoms with Crippen molar-refractivity contribution in [3.8, 4) is 12.3 Å². The number of terminal acetylenes is 1. The maximum absolute atomic E-state index is 11.8. The van der Waals surface area contributed by atoms with Crippen LogP contribution < -0.4 is 5.32 Å². The Balaban J connectivity index is 2.51. The average molecular weight is 230 g/mol. The lowest BCUT2D eigenvalue weighted by Gasteiger charge is -2.24. The van der Waals surface area contributed by atoms with E-state index in [2.05, 4.69) is 11.2 Å². The summed E-state index contributed by atoms with van der Waals surface area (Å²) in [5.41, 5.74) is 0. The van der Waals surface area contributed by atoms with Gasteiger partial charge in [0.1, 0.15) is 0 Å². The van der Waals surface area contributed by atoms with Gasteiger partial charge in [0.15, 0.2) is 0 Å². The molecule has 1 aliphatic rings. The lowest BCUT2D eigenvalue weighted by molar-refractivity contribution is 0.395. The fourth-order valence-corrected chi connectivity index (χ4v) is 3.12. The van der Waals surface area contributed by atoms with Gasteiger partial charge < -0.3 is 5.32 Å². The van der Waals surface area contributed by atoms with Crippen LogP contribution in [-0.2, 0) is 10.0 Å². The average Bonchev–Trinajstić information content (AvgIpc) is 2.19. The van der Waals surface area contributed by atoms with Gasteiger partial charge in [-0.25, -0.2) is 8.42 Å². The lowest BCUT2D eigenvalue weighted by atomic mass is 10.0. The fraction of sp³-hybridized carbons (Fsp3) is 0.800. The van der Waals surface area contributed by atoms with E-state index in [4.69, 9.17) is 6.42 Å². The number of nitrogens with zero attached hydrogens (tertiary/aromatic N) is 1. The zero-order valence-corrected chi connectivity index (χ0v) is 9.89. The van der Waals surface area contributed by atoms with E-state index in [0.717, 1.165) is 25.9 Å². The van der Waals surface area contributed by atoms with Crippen molar-refractivity contribution in [3.05, 3.63) is 0 Å². The summed E-state index contributed by atoms with van der Waals surface area (Å²) in [5, 5.41) is 3.21. The number of sulfonamides is 1. The maximum atomic E-state index is 11.8. The van der Waals surface area contributed by atoms with Crippen molar-refractivity contribution in [2.45, 2.75) is 12.8 Å². The van der Waals surface area contributed by atoms with Gasteiger partial charge in [0, 0.05) is 7.05 Å². The molecule has 1 N–H and O–H groups in total. The van der Waals surface area contributed by atoms with Crippen LogP contribution in [0.5, 0.6) is 0 Å². The molecule has 0 aromatic rings. The number of piperidine rings is 1. The Bertz CT molecular complexity index is 326. The number of nitrogens with one attached hydrogen (secondary N) is 1. The predicted molar refractivity (Wildman–Crippen MR) is 60.8 cm³/mol. The first-order valence-corrected chi connectivity index (χ1v) is 6.75. The van der Waals surface area contributed by atoms with E-state index in [-0.39, 0.29) is 18.2 Å². The molecule has 0 bridgehead atoms. The molecule has 0 spiro atoms. The molecule has 0 saturated carbocycles. The van der Waals surface area contributed by atoms with Crippen molar-refractivity contribution >= 4 is 10.0 Å². The largest absolute Gasteiger partial charge is 0.316 e. The lowest BCUT2D eigenvalue weighted by Crippen LogP contribution is -2.38. The summed E-state index contributed by atoms with van der Waals surface area (Å²) in [6.45, 7) is 1.95. The summed E-state index contributed by atoms with van der Waals surface area (Å²) in [6.07, 6.45) is 7.13. The van der Waals surface area contributed by atoms with Crippen LogP contribution in [0, 0.1) is 18.3 Å². The Hall–Kier alpha value is -0.570. The Morgan fingerprint density at radius 2 is 2.33 bits per heavy atom.